The molecule has 0 aliphatic carbocycles. The van der Waals surface area contributed by atoms with Gasteiger partial charge in [0.2, 0.25) is 12.0 Å². The van der Waals surface area contributed by atoms with E-state index in [9.17, 15) is 9.59 Å². The van der Waals surface area contributed by atoms with Gasteiger partial charge in [0.25, 0.3) is 5.91 Å². The molecule has 8 heteroatoms. The van der Waals surface area contributed by atoms with Gasteiger partial charge in [0.1, 0.15) is 17.4 Å². The van der Waals surface area contributed by atoms with E-state index in [0.717, 1.165) is 4.90 Å². The summed E-state index contributed by atoms with van der Waals surface area (Å²) in [6, 6.07) is 11.7. The molecule has 1 saturated heterocycles. The van der Waals surface area contributed by atoms with Crippen molar-refractivity contribution in [1.29, 1.82) is 0 Å². The highest BCUT2D eigenvalue weighted by Crippen LogP contribution is 2.40. The summed E-state index contributed by atoms with van der Waals surface area (Å²) in [5.41, 5.74) is 1.16. The van der Waals surface area contributed by atoms with E-state index in [2.05, 4.69) is 5.16 Å². The van der Waals surface area contributed by atoms with Gasteiger partial charge < -0.3 is 9.57 Å². The van der Waals surface area contributed by atoms with Crippen LogP contribution >= 0.6 is 23.2 Å². The Balaban J connectivity index is 1.77. The summed E-state index contributed by atoms with van der Waals surface area (Å²) in [5, 5.41) is 4.75. The predicted octanol–water partition coefficient (Wildman–Crippen LogP) is 3.29. The number of ether oxygens (including phenoxy) is 1. The Hall–Kier alpha value is -2.57. The Kier molecular flexibility index (Phi) is 4.09. The molecule has 1 fully saturated rings. The van der Waals surface area contributed by atoms with Crippen molar-refractivity contribution in [1.82, 2.24) is 0 Å². The molecule has 0 spiro atoms. The second-order valence-corrected chi connectivity index (χ2v) is 6.63. The molecule has 0 saturated carbocycles. The van der Waals surface area contributed by atoms with Gasteiger partial charge in [-0.05, 0) is 24.3 Å². The number of carbonyl (C=O) groups excluding carboxylic acids is 2. The minimum Gasteiger partial charge on any atom is -0.495 e. The monoisotopic (exact) mass is 390 g/mol. The van der Waals surface area contributed by atoms with E-state index in [4.69, 9.17) is 32.8 Å². The maximum absolute atomic E-state index is 13.1. The Bertz CT molecular complexity index is 960. The average molecular weight is 391 g/mol. The summed E-state index contributed by atoms with van der Waals surface area (Å²) in [4.78, 5) is 32.2. The fraction of sp³-hybridized carbons (Fsp3) is 0.167. The lowest BCUT2D eigenvalue weighted by atomic mass is 9.94. The fourth-order valence-corrected chi connectivity index (χ4v) is 3.54. The maximum Gasteiger partial charge on any atom is 0.279 e. The molecule has 0 N–H and O–H groups in total. The number of amides is 2. The quantitative estimate of drug-likeness (QED) is 0.754. The summed E-state index contributed by atoms with van der Waals surface area (Å²) in [5.74, 6) is -1.50. The third kappa shape index (κ3) is 2.45. The SMILES string of the molecule is COc1ccc(Cl)cc1N1C(=O)[C@@H]2C(c3ccccc3Cl)=NO[C@@H]2C1=O. The molecular weight excluding hydrogens is 379 g/mol. The zero-order chi connectivity index (χ0) is 18.4. The van der Waals surface area contributed by atoms with Gasteiger partial charge in [0, 0.05) is 15.6 Å². The van der Waals surface area contributed by atoms with Crippen molar-refractivity contribution in [3.8, 4) is 5.75 Å². The van der Waals surface area contributed by atoms with Crippen molar-refractivity contribution in [3.05, 3.63) is 58.1 Å². The van der Waals surface area contributed by atoms with Gasteiger partial charge >= 0.3 is 0 Å². The zero-order valence-corrected chi connectivity index (χ0v) is 15.0. The summed E-state index contributed by atoms with van der Waals surface area (Å²) < 4.78 is 5.27. The summed E-state index contributed by atoms with van der Waals surface area (Å²) >= 11 is 12.3. The highest BCUT2D eigenvalue weighted by Gasteiger charge is 2.56. The number of methoxy groups -OCH3 is 1. The lowest BCUT2D eigenvalue weighted by Gasteiger charge is -2.18. The number of anilines is 1. The van der Waals surface area contributed by atoms with Crippen LogP contribution in [0.4, 0.5) is 5.69 Å². The van der Waals surface area contributed by atoms with E-state index < -0.39 is 23.8 Å². The largest absolute Gasteiger partial charge is 0.495 e. The maximum atomic E-state index is 13.1. The smallest absolute Gasteiger partial charge is 0.279 e. The topological polar surface area (TPSA) is 68.2 Å². The van der Waals surface area contributed by atoms with Crippen LogP contribution in [0.25, 0.3) is 0 Å². The van der Waals surface area contributed by atoms with Crippen molar-refractivity contribution in [2.75, 3.05) is 12.0 Å². The first kappa shape index (κ1) is 16.9. The first-order valence-corrected chi connectivity index (χ1v) is 8.48. The van der Waals surface area contributed by atoms with Crippen LogP contribution < -0.4 is 9.64 Å². The van der Waals surface area contributed by atoms with Crippen LogP contribution in [0.15, 0.2) is 47.6 Å². The number of oxime groups is 1. The molecule has 0 unspecified atom stereocenters. The predicted molar refractivity (Wildman–Crippen MR) is 96.8 cm³/mol. The second kappa shape index (κ2) is 6.30. The van der Waals surface area contributed by atoms with E-state index in [1.807, 2.05) is 0 Å². The van der Waals surface area contributed by atoms with Crippen LogP contribution in [0.1, 0.15) is 5.56 Å². The molecule has 6 nitrogen and oxygen atoms in total. The number of rotatable bonds is 3. The molecule has 0 bridgehead atoms. The van der Waals surface area contributed by atoms with Crippen LogP contribution in [0.2, 0.25) is 10.0 Å². The van der Waals surface area contributed by atoms with E-state index in [1.54, 1.807) is 36.4 Å². The van der Waals surface area contributed by atoms with E-state index in [0.29, 0.717) is 27.1 Å². The first-order chi connectivity index (χ1) is 12.5. The summed E-state index contributed by atoms with van der Waals surface area (Å²) in [7, 11) is 1.45. The normalized spacial score (nSPS) is 21.5. The van der Waals surface area contributed by atoms with Gasteiger partial charge in [0.15, 0.2) is 0 Å². The number of imide groups is 1. The Morgan fingerprint density at radius 2 is 1.88 bits per heavy atom. The van der Waals surface area contributed by atoms with Crippen molar-refractivity contribution < 1.29 is 19.2 Å². The minimum absolute atomic E-state index is 0.270. The van der Waals surface area contributed by atoms with Gasteiger partial charge in [-0.2, -0.15) is 0 Å². The standard InChI is InChI=1S/C18H12Cl2N2O4/c1-25-13-7-6-9(19)8-12(13)22-17(23)14-15(21-26-16(14)18(22)24)10-4-2-3-5-11(10)20/h2-8,14,16H,1H3/t14-,16+/m1/s1. The van der Waals surface area contributed by atoms with Gasteiger partial charge in [-0.15, -0.1) is 0 Å². The van der Waals surface area contributed by atoms with E-state index in [1.165, 1.54) is 13.2 Å². The molecule has 132 valence electrons. The molecule has 2 heterocycles. The summed E-state index contributed by atoms with van der Waals surface area (Å²) in [6.45, 7) is 0. The van der Waals surface area contributed by atoms with Crippen LogP contribution in [0.3, 0.4) is 0 Å². The molecule has 0 aromatic heterocycles. The molecular formula is C18H12Cl2N2O4. The molecule has 2 aliphatic heterocycles. The zero-order valence-electron chi connectivity index (χ0n) is 13.5. The number of carbonyl (C=O) groups is 2. The van der Waals surface area contributed by atoms with E-state index in [-0.39, 0.29) is 5.69 Å². The molecule has 2 aromatic carbocycles. The lowest BCUT2D eigenvalue weighted by molar-refractivity contribution is -0.126. The Morgan fingerprint density at radius 1 is 1.12 bits per heavy atom. The van der Waals surface area contributed by atoms with Gasteiger partial charge in [-0.1, -0.05) is 46.6 Å². The van der Waals surface area contributed by atoms with Gasteiger partial charge in [0.05, 0.1) is 12.8 Å². The van der Waals surface area contributed by atoms with Crippen LogP contribution in [0.5, 0.6) is 5.75 Å². The Morgan fingerprint density at radius 3 is 2.62 bits per heavy atom. The number of fused-ring (bicyclic) bond motifs is 1. The van der Waals surface area contributed by atoms with Crippen LogP contribution in [0, 0.1) is 5.92 Å². The van der Waals surface area contributed by atoms with Crippen molar-refractivity contribution in [2.24, 2.45) is 11.1 Å². The number of hydrogen-bond donors (Lipinski definition) is 0. The van der Waals surface area contributed by atoms with Gasteiger partial charge in [-0.3, -0.25) is 9.59 Å². The van der Waals surface area contributed by atoms with E-state index >= 15 is 0 Å². The van der Waals surface area contributed by atoms with Gasteiger partial charge in [-0.25, -0.2) is 4.90 Å². The first-order valence-electron chi connectivity index (χ1n) is 7.73. The van der Waals surface area contributed by atoms with Crippen molar-refractivity contribution >= 4 is 46.4 Å². The number of nitrogens with zero attached hydrogens (tertiary/aromatic N) is 2. The average Bonchev–Trinajstić information content (AvgIpc) is 3.16. The van der Waals surface area contributed by atoms with Crippen molar-refractivity contribution in [2.45, 2.75) is 6.10 Å². The molecule has 2 aromatic rings. The molecule has 4 rings (SSSR count). The summed E-state index contributed by atoms with van der Waals surface area (Å²) in [6.07, 6.45) is -1.03. The second-order valence-electron chi connectivity index (χ2n) is 5.79. The highest BCUT2D eigenvalue weighted by atomic mass is 35.5. The fourth-order valence-electron chi connectivity index (χ4n) is 3.14. The third-order valence-corrected chi connectivity index (χ3v) is 4.91. The highest BCUT2D eigenvalue weighted by molar-refractivity contribution is 6.38. The number of halogens is 2. The third-order valence-electron chi connectivity index (χ3n) is 4.34. The lowest BCUT2D eigenvalue weighted by Crippen LogP contribution is -2.33. The van der Waals surface area contributed by atoms with Crippen molar-refractivity contribution in [3.63, 3.8) is 0 Å². The molecule has 2 amide bonds. The van der Waals surface area contributed by atoms with Crippen LogP contribution in [-0.2, 0) is 14.4 Å². The molecule has 26 heavy (non-hydrogen) atoms. The molecule has 0 radical (unpaired) electrons. The Labute approximate surface area is 158 Å². The minimum atomic E-state index is -1.03. The molecule has 2 aliphatic rings. The van der Waals surface area contributed by atoms with Crippen LogP contribution in [-0.4, -0.2) is 30.7 Å². The number of hydrogen-bond acceptors (Lipinski definition) is 5. The molecule has 2 atom stereocenters. The number of benzene rings is 2.